The zero-order valence-corrected chi connectivity index (χ0v) is 25.7. The quantitative estimate of drug-likeness (QED) is 0.213. The van der Waals surface area contributed by atoms with Gasteiger partial charge in [0.25, 0.3) is 17.7 Å². The average Bonchev–Trinajstić information content (AvgIpc) is 2.98. The van der Waals surface area contributed by atoms with E-state index in [1.807, 2.05) is 39.0 Å². The molecule has 4 rings (SSSR count). The van der Waals surface area contributed by atoms with Crippen molar-refractivity contribution in [1.82, 2.24) is 5.32 Å². The maximum atomic E-state index is 13.5. The molecule has 0 saturated carbocycles. The van der Waals surface area contributed by atoms with Crippen LogP contribution in [0.4, 0.5) is 16.2 Å². The summed E-state index contributed by atoms with van der Waals surface area (Å²) in [6.45, 7) is 5.91. The second kappa shape index (κ2) is 14.0. The molecule has 1 fully saturated rings. The van der Waals surface area contributed by atoms with E-state index in [4.69, 9.17) is 30.5 Å². The largest absolute Gasteiger partial charge is 0.493 e. The summed E-state index contributed by atoms with van der Waals surface area (Å²) in [5.41, 5.74) is 2.80. The third-order valence-corrected chi connectivity index (χ3v) is 6.82. The minimum Gasteiger partial charge on any atom is -0.493 e. The number of rotatable bonds is 11. The fourth-order valence-electron chi connectivity index (χ4n) is 4.43. The first-order chi connectivity index (χ1) is 21.1. The summed E-state index contributed by atoms with van der Waals surface area (Å²) in [7, 11) is 2.82. The molecule has 0 radical (unpaired) electrons. The lowest BCUT2D eigenvalue weighted by Crippen LogP contribution is -2.54. The number of nitrogens with one attached hydrogen (secondary N) is 2. The zero-order valence-electron chi connectivity index (χ0n) is 24.9. The van der Waals surface area contributed by atoms with Crippen molar-refractivity contribution in [3.8, 4) is 23.0 Å². The number of halogens is 1. The van der Waals surface area contributed by atoms with Gasteiger partial charge in [-0.2, -0.15) is 0 Å². The molecule has 12 heteroatoms. The van der Waals surface area contributed by atoms with E-state index >= 15 is 0 Å². The number of barbiturate groups is 1. The number of methoxy groups -OCH3 is 2. The zero-order chi connectivity index (χ0) is 32.0. The van der Waals surface area contributed by atoms with Gasteiger partial charge in [-0.3, -0.25) is 19.7 Å². The molecule has 1 heterocycles. The van der Waals surface area contributed by atoms with Gasteiger partial charge in [-0.05, 0) is 67.8 Å². The number of amides is 5. The molecular weight excluding hydrogens is 590 g/mol. The van der Waals surface area contributed by atoms with Gasteiger partial charge in [0.1, 0.15) is 5.57 Å². The number of hydrogen-bond donors (Lipinski definition) is 2. The molecule has 3 aromatic rings. The van der Waals surface area contributed by atoms with E-state index in [0.717, 1.165) is 22.4 Å². The molecule has 11 nitrogen and oxygen atoms in total. The third kappa shape index (κ3) is 7.12. The molecule has 230 valence electrons. The van der Waals surface area contributed by atoms with Crippen LogP contribution in [0.15, 0.2) is 54.1 Å². The molecule has 3 aromatic carbocycles. The number of aryl methyl sites for hydroxylation is 2. The fourth-order valence-corrected chi connectivity index (χ4v) is 4.70. The molecule has 0 atom stereocenters. The van der Waals surface area contributed by atoms with Gasteiger partial charge in [-0.1, -0.05) is 36.2 Å². The highest BCUT2D eigenvalue weighted by Crippen LogP contribution is 2.38. The van der Waals surface area contributed by atoms with Crippen LogP contribution in [-0.2, 0) is 14.4 Å². The number of carbonyl (C=O) groups is 4. The van der Waals surface area contributed by atoms with Gasteiger partial charge in [0.2, 0.25) is 0 Å². The number of hydrogen-bond acceptors (Lipinski definition) is 8. The summed E-state index contributed by atoms with van der Waals surface area (Å²) in [4.78, 5) is 52.3. The van der Waals surface area contributed by atoms with E-state index < -0.39 is 23.8 Å². The fraction of sp³-hybridized carbons (Fsp3) is 0.250. The number of urea groups is 1. The van der Waals surface area contributed by atoms with Crippen LogP contribution in [0.2, 0.25) is 5.02 Å². The molecule has 0 aromatic heterocycles. The number of imide groups is 2. The summed E-state index contributed by atoms with van der Waals surface area (Å²) in [6.07, 6.45) is 2.05. The van der Waals surface area contributed by atoms with Crippen LogP contribution in [0.5, 0.6) is 23.0 Å². The van der Waals surface area contributed by atoms with Crippen LogP contribution in [-0.4, -0.2) is 51.2 Å². The Morgan fingerprint density at radius 1 is 0.955 bits per heavy atom. The Balaban J connectivity index is 1.56. The second-order valence-corrected chi connectivity index (χ2v) is 10.2. The molecule has 1 saturated heterocycles. The lowest BCUT2D eigenvalue weighted by atomic mass is 10.1. The Kier molecular flexibility index (Phi) is 10.1. The van der Waals surface area contributed by atoms with Crippen LogP contribution in [0.1, 0.15) is 30.0 Å². The molecule has 1 aliphatic heterocycles. The van der Waals surface area contributed by atoms with Crippen LogP contribution in [0.3, 0.4) is 0 Å². The Morgan fingerprint density at radius 3 is 2.39 bits per heavy atom. The van der Waals surface area contributed by atoms with Crippen molar-refractivity contribution in [3.63, 3.8) is 0 Å². The molecule has 0 spiro atoms. The second-order valence-electron chi connectivity index (χ2n) is 9.83. The van der Waals surface area contributed by atoms with Crippen molar-refractivity contribution >= 4 is 52.8 Å². The van der Waals surface area contributed by atoms with Crippen molar-refractivity contribution in [1.29, 1.82) is 0 Å². The number of benzene rings is 3. The first-order valence-corrected chi connectivity index (χ1v) is 14.0. The van der Waals surface area contributed by atoms with Gasteiger partial charge in [0.05, 0.1) is 31.5 Å². The first-order valence-electron chi connectivity index (χ1n) is 13.7. The third-order valence-electron chi connectivity index (χ3n) is 6.54. The van der Waals surface area contributed by atoms with E-state index in [-0.39, 0.29) is 34.4 Å². The molecular formula is C32H32ClN3O8. The molecule has 0 unspecified atom stereocenters. The number of anilines is 2. The van der Waals surface area contributed by atoms with Gasteiger partial charge in [-0.25, -0.2) is 9.69 Å². The van der Waals surface area contributed by atoms with Crippen molar-refractivity contribution in [2.45, 2.75) is 27.2 Å². The lowest BCUT2D eigenvalue weighted by Gasteiger charge is -2.27. The topological polar surface area (TPSA) is 132 Å². The van der Waals surface area contributed by atoms with Crippen LogP contribution >= 0.6 is 11.6 Å². The molecule has 5 amide bonds. The lowest BCUT2D eigenvalue weighted by molar-refractivity contribution is -0.122. The standard InChI is InChI=1S/C32H32ClN3O8/c1-6-11-43-25-10-8-21(16-26(25)41-4)36-31(39)22(30(38)35-32(36)40)13-20-14-23(33)29(27(15-20)42-5)44-17-28(37)34-24-9-7-18(2)12-19(24)3/h7-10,12-16H,6,11,17H2,1-5H3,(H,34,37)(H,35,38,40)/b22-13-. The minimum absolute atomic E-state index is 0.0690. The van der Waals surface area contributed by atoms with E-state index in [9.17, 15) is 19.2 Å². The molecule has 1 aliphatic rings. The molecule has 0 aliphatic carbocycles. The summed E-state index contributed by atoms with van der Waals surface area (Å²) in [5, 5.41) is 5.05. The smallest absolute Gasteiger partial charge is 0.335 e. The first kappa shape index (κ1) is 31.9. The van der Waals surface area contributed by atoms with Crippen LogP contribution in [0.25, 0.3) is 6.08 Å². The normalized spacial score (nSPS) is 13.9. The average molecular weight is 622 g/mol. The molecule has 44 heavy (non-hydrogen) atoms. The maximum Gasteiger partial charge on any atom is 0.335 e. The Morgan fingerprint density at radius 2 is 1.70 bits per heavy atom. The van der Waals surface area contributed by atoms with Gasteiger partial charge < -0.3 is 24.3 Å². The SMILES string of the molecule is CCCOc1ccc(N2C(=O)NC(=O)/C(=C/c3cc(Cl)c(OCC(=O)Nc4ccc(C)cc4C)c(OC)c3)C2=O)cc1OC. The highest BCUT2D eigenvalue weighted by atomic mass is 35.5. The summed E-state index contributed by atoms with van der Waals surface area (Å²) in [6, 6.07) is 12.2. The van der Waals surface area contributed by atoms with E-state index in [1.165, 1.54) is 44.6 Å². The highest BCUT2D eigenvalue weighted by Gasteiger charge is 2.37. The van der Waals surface area contributed by atoms with Crippen molar-refractivity contribution in [2.24, 2.45) is 0 Å². The van der Waals surface area contributed by atoms with Gasteiger partial charge in [-0.15, -0.1) is 0 Å². The summed E-state index contributed by atoms with van der Waals surface area (Å²) in [5.74, 6) is -1.13. The Hall–Kier alpha value is -5.03. The Labute approximate surface area is 259 Å². The Bertz CT molecular complexity index is 1650. The maximum absolute atomic E-state index is 13.5. The van der Waals surface area contributed by atoms with Gasteiger partial charge in [0.15, 0.2) is 29.6 Å². The highest BCUT2D eigenvalue weighted by molar-refractivity contribution is 6.39. The van der Waals surface area contributed by atoms with Gasteiger partial charge >= 0.3 is 6.03 Å². The van der Waals surface area contributed by atoms with Crippen molar-refractivity contribution < 1.29 is 38.1 Å². The van der Waals surface area contributed by atoms with Crippen molar-refractivity contribution in [3.05, 3.63) is 75.8 Å². The van der Waals surface area contributed by atoms with Gasteiger partial charge in [0, 0.05) is 11.8 Å². The minimum atomic E-state index is -0.917. The van der Waals surface area contributed by atoms with E-state index in [2.05, 4.69) is 10.6 Å². The monoisotopic (exact) mass is 621 g/mol. The van der Waals surface area contributed by atoms with Crippen molar-refractivity contribution in [2.75, 3.05) is 37.7 Å². The van der Waals surface area contributed by atoms with Crippen LogP contribution in [0, 0.1) is 13.8 Å². The van der Waals surface area contributed by atoms with E-state index in [0.29, 0.717) is 29.4 Å². The van der Waals surface area contributed by atoms with E-state index in [1.54, 1.807) is 6.07 Å². The number of nitrogens with zero attached hydrogens (tertiary/aromatic N) is 1. The number of ether oxygens (including phenoxy) is 4. The predicted molar refractivity (Wildman–Crippen MR) is 166 cm³/mol. The van der Waals surface area contributed by atoms with Crippen LogP contribution < -0.4 is 34.5 Å². The number of carbonyl (C=O) groups excluding carboxylic acids is 4. The molecule has 2 N–H and O–H groups in total. The molecule has 0 bridgehead atoms. The predicted octanol–water partition coefficient (Wildman–Crippen LogP) is 5.45. The summed E-state index contributed by atoms with van der Waals surface area (Å²) < 4.78 is 22.1. The summed E-state index contributed by atoms with van der Waals surface area (Å²) >= 11 is 6.48.